The fourth-order valence-electron chi connectivity index (χ4n) is 4.08. The van der Waals surface area contributed by atoms with E-state index in [4.69, 9.17) is 11.5 Å². The number of hydrogen-bond acceptors (Lipinski definition) is 4. The summed E-state index contributed by atoms with van der Waals surface area (Å²) in [7, 11) is 0. The highest BCUT2D eigenvalue weighted by atomic mass is 32.1. The molecule has 4 N–H and O–H groups in total. The predicted molar refractivity (Wildman–Crippen MR) is 103 cm³/mol. The van der Waals surface area contributed by atoms with Crippen LogP contribution in [0.4, 0.5) is 4.39 Å². The lowest BCUT2D eigenvalue weighted by atomic mass is 9.70. The van der Waals surface area contributed by atoms with Gasteiger partial charge in [-0.2, -0.15) is 11.3 Å². The maximum Gasteiger partial charge on any atom is 0.123 e. The average Bonchev–Trinajstić information content (AvgIpc) is 3.17. The molecule has 0 aliphatic carbocycles. The maximum atomic E-state index is 13.4. The lowest BCUT2D eigenvalue weighted by molar-refractivity contribution is 0.109. The van der Waals surface area contributed by atoms with E-state index in [1.807, 2.05) is 12.1 Å². The Morgan fingerprint density at radius 3 is 2.44 bits per heavy atom. The molecule has 136 valence electrons. The number of halogens is 1. The zero-order valence-electron chi connectivity index (χ0n) is 14.8. The van der Waals surface area contributed by atoms with E-state index in [9.17, 15) is 4.39 Å². The van der Waals surface area contributed by atoms with E-state index in [1.54, 1.807) is 11.3 Å². The molecule has 1 aliphatic heterocycles. The molecule has 2 heterocycles. The fourth-order valence-corrected chi connectivity index (χ4v) is 4.81. The van der Waals surface area contributed by atoms with Crippen LogP contribution in [0.5, 0.6) is 0 Å². The summed E-state index contributed by atoms with van der Waals surface area (Å²) in [6.07, 6.45) is 3.11. The minimum atomic E-state index is -0.559. The van der Waals surface area contributed by atoms with Crippen LogP contribution < -0.4 is 11.5 Å². The first-order chi connectivity index (χ1) is 12.1. The molecule has 2 aromatic rings. The highest BCUT2D eigenvalue weighted by molar-refractivity contribution is 7.08. The summed E-state index contributed by atoms with van der Waals surface area (Å²) >= 11 is 1.66. The summed E-state index contributed by atoms with van der Waals surface area (Å²) in [5, 5.41) is 4.20. The van der Waals surface area contributed by atoms with E-state index in [2.05, 4.69) is 28.7 Å². The van der Waals surface area contributed by atoms with Crippen LogP contribution in [0, 0.1) is 11.7 Å². The van der Waals surface area contributed by atoms with E-state index >= 15 is 0 Å². The molecule has 2 atom stereocenters. The largest absolute Gasteiger partial charge is 0.330 e. The average molecular weight is 362 g/mol. The first-order valence-corrected chi connectivity index (χ1v) is 10.0. The van der Waals surface area contributed by atoms with E-state index in [-0.39, 0.29) is 5.82 Å². The molecule has 25 heavy (non-hydrogen) atoms. The Morgan fingerprint density at radius 2 is 1.88 bits per heavy atom. The topological polar surface area (TPSA) is 55.3 Å². The van der Waals surface area contributed by atoms with Gasteiger partial charge in [0.25, 0.3) is 0 Å². The van der Waals surface area contributed by atoms with Crippen LogP contribution in [0.1, 0.15) is 37.3 Å². The first kappa shape index (κ1) is 18.5. The SMILES string of the molecule is C[C@H](CCN)N1CCC(C(N)(c2ccc(F)cc2)c2ccsc2)CC1. The second-order valence-corrected chi connectivity index (χ2v) is 7.90. The predicted octanol–water partition coefficient (Wildman–Crippen LogP) is 3.54. The van der Waals surface area contributed by atoms with Gasteiger partial charge in [0, 0.05) is 6.04 Å². The number of hydrogen-bond donors (Lipinski definition) is 2. The maximum absolute atomic E-state index is 13.4. The molecule has 3 nitrogen and oxygen atoms in total. The van der Waals surface area contributed by atoms with Gasteiger partial charge < -0.3 is 16.4 Å². The van der Waals surface area contributed by atoms with Crippen LogP contribution in [0.3, 0.4) is 0 Å². The quantitative estimate of drug-likeness (QED) is 0.827. The van der Waals surface area contributed by atoms with Crippen molar-refractivity contribution in [3.63, 3.8) is 0 Å². The van der Waals surface area contributed by atoms with Gasteiger partial charge in [-0.25, -0.2) is 4.39 Å². The Bertz CT molecular complexity index is 650. The zero-order valence-corrected chi connectivity index (χ0v) is 15.6. The molecule has 0 amide bonds. The van der Waals surface area contributed by atoms with Crippen molar-refractivity contribution < 1.29 is 4.39 Å². The summed E-state index contributed by atoms with van der Waals surface area (Å²) < 4.78 is 13.4. The highest BCUT2D eigenvalue weighted by Crippen LogP contribution is 2.41. The molecular weight excluding hydrogens is 333 g/mol. The van der Waals surface area contributed by atoms with Crippen LogP contribution in [-0.4, -0.2) is 30.6 Å². The van der Waals surface area contributed by atoms with Gasteiger partial charge in [0.2, 0.25) is 0 Å². The Balaban J connectivity index is 1.83. The van der Waals surface area contributed by atoms with Crippen molar-refractivity contribution in [1.29, 1.82) is 0 Å². The van der Waals surface area contributed by atoms with Gasteiger partial charge in [0.05, 0.1) is 5.54 Å². The van der Waals surface area contributed by atoms with Crippen molar-refractivity contribution >= 4 is 11.3 Å². The number of benzene rings is 1. The number of rotatable bonds is 6. The third-order valence-corrected chi connectivity index (χ3v) is 6.39. The molecule has 1 unspecified atom stereocenters. The lowest BCUT2D eigenvalue weighted by Gasteiger charge is -2.44. The Labute approximate surface area is 153 Å². The van der Waals surface area contributed by atoms with E-state index in [0.29, 0.717) is 12.0 Å². The summed E-state index contributed by atoms with van der Waals surface area (Å²) in [5.41, 5.74) is 14.3. The molecule has 0 saturated carbocycles. The Kier molecular flexibility index (Phi) is 5.89. The summed E-state index contributed by atoms with van der Waals surface area (Å²) in [6.45, 7) is 5.06. The molecule has 1 aromatic carbocycles. The molecule has 1 fully saturated rings. The molecule has 1 aromatic heterocycles. The highest BCUT2D eigenvalue weighted by Gasteiger charge is 2.40. The lowest BCUT2D eigenvalue weighted by Crippen LogP contribution is -2.51. The molecular formula is C20H28FN3S. The normalized spacial score (nSPS) is 20.3. The zero-order chi connectivity index (χ0) is 17.9. The van der Waals surface area contributed by atoms with Gasteiger partial charge >= 0.3 is 0 Å². The number of piperidine rings is 1. The van der Waals surface area contributed by atoms with Crippen molar-refractivity contribution in [3.8, 4) is 0 Å². The number of nitrogens with two attached hydrogens (primary N) is 2. The standard InChI is InChI=1S/C20H28FN3S/c1-15(6-10-22)24-11-7-17(8-12-24)20(23,18-9-13-25-14-18)16-2-4-19(21)5-3-16/h2-5,9,13-15,17H,6-8,10-12,22-23H2,1H3/t15-,20?/m1/s1. The van der Waals surface area contributed by atoms with Crippen molar-refractivity contribution in [1.82, 2.24) is 4.90 Å². The van der Waals surface area contributed by atoms with Gasteiger partial charge in [0.1, 0.15) is 5.82 Å². The fraction of sp³-hybridized carbons (Fsp3) is 0.500. The molecule has 5 heteroatoms. The molecule has 0 spiro atoms. The van der Waals surface area contributed by atoms with Crippen LogP contribution in [0.2, 0.25) is 0 Å². The second kappa shape index (κ2) is 7.96. The molecule has 0 bridgehead atoms. The molecule has 1 aliphatic rings. The number of likely N-dealkylation sites (tertiary alicyclic amines) is 1. The van der Waals surface area contributed by atoms with Crippen LogP contribution in [-0.2, 0) is 5.54 Å². The van der Waals surface area contributed by atoms with Crippen molar-refractivity contribution in [2.24, 2.45) is 17.4 Å². The van der Waals surface area contributed by atoms with Crippen molar-refractivity contribution in [2.45, 2.75) is 37.8 Å². The summed E-state index contributed by atoms with van der Waals surface area (Å²) in [4.78, 5) is 2.52. The summed E-state index contributed by atoms with van der Waals surface area (Å²) in [5.74, 6) is 0.121. The van der Waals surface area contributed by atoms with E-state index in [1.165, 1.54) is 12.1 Å². The number of nitrogens with zero attached hydrogens (tertiary/aromatic N) is 1. The van der Waals surface area contributed by atoms with E-state index < -0.39 is 5.54 Å². The van der Waals surface area contributed by atoms with Crippen LogP contribution in [0.15, 0.2) is 41.1 Å². The smallest absolute Gasteiger partial charge is 0.123 e. The number of thiophene rings is 1. The third-order valence-electron chi connectivity index (χ3n) is 5.70. The second-order valence-electron chi connectivity index (χ2n) is 7.12. The minimum Gasteiger partial charge on any atom is -0.330 e. The van der Waals surface area contributed by atoms with Gasteiger partial charge in [-0.15, -0.1) is 0 Å². The first-order valence-electron chi connectivity index (χ1n) is 9.07. The summed E-state index contributed by atoms with van der Waals surface area (Å²) in [6, 6.07) is 9.35. The van der Waals surface area contributed by atoms with Gasteiger partial charge in [-0.1, -0.05) is 12.1 Å². The Morgan fingerprint density at radius 1 is 1.20 bits per heavy atom. The van der Waals surface area contributed by atoms with Crippen molar-refractivity contribution in [2.75, 3.05) is 19.6 Å². The third kappa shape index (κ3) is 3.80. The molecule has 1 saturated heterocycles. The van der Waals surface area contributed by atoms with Crippen LogP contribution in [0.25, 0.3) is 0 Å². The van der Waals surface area contributed by atoms with Gasteiger partial charge in [0.15, 0.2) is 0 Å². The van der Waals surface area contributed by atoms with Gasteiger partial charge in [-0.3, -0.25) is 0 Å². The Hall–Kier alpha value is -1.27. The van der Waals surface area contributed by atoms with E-state index in [0.717, 1.165) is 50.0 Å². The van der Waals surface area contributed by atoms with Crippen LogP contribution >= 0.6 is 11.3 Å². The monoisotopic (exact) mass is 361 g/mol. The minimum absolute atomic E-state index is 0.221. The molecule has 3 rings (SSSR count). The molecule has 0 radical (unpaired) electrons. The van der Waals surface area contributed by atoms with Crippen molar-refractivity contribution in [3.05, 3.63) is 58.0 Å². The van der Waals surface area contributed by atoms with Gasteiger partial charge in [-0.05, 0) is 91.8 Å².